The lowest BCUT2D eigenvalue weighted by atomic mass is 10.0. The van der Waals surface area contributed by atoms with Gasteiger partial charge in [-0.3, -0.25) is 0 Å². The van der Waals surface area contributed by atoms with E-state index in [1.54, 1.807) is 13.8 Å². The SMILES string of the molecule is CC(C)c1ccc(S(=O)(=O)NC(C)(C)C)c(OC(F)(F)F)c1F. The van der Waals surface area contributed by atoms with E-state index >= 15 is 0 Å². The largest absolute Gasteiger partial charge is 0.573 e. The Morgan fingerprint density at radius 1 is 1.13 bits per heavy atom. The van der Waals surface area contributed by atoms with E-state index in [9.17, 15) is 26.0 Å². The maximum absolute atomic E-state index is 14.4. The summed E-state index contributed by atoms with van der Waals surface area (Å²) in [6.07, 6.45) is -5.22. The molecule has 0 unspecified atom stereocenters. The highest BCUT2D eigenvalue weighted by molar-refractivity contribution is 7.89. The van der Waals surface area contributed by atoms with E-state index in [0.717, 1.165) is 12.1 Å². The van der Waals surface area contributed by atoms with Crippen LogP contribution in [0.1, 0.15) is 46.1 Å². The molecule has 1 rings (SSSR count). The monoisotopic (exact) mass is 357 g/mol. The molecule has 4 nitrogen and oxygen atoms in total. The highest BCUT2D eigenvalue weighted by Gasteiger charge is 2.37. The fourth-order valence-electron chi connectivity index (χ4n) is 1.88. The Balaban J connectivity index is 3.57. The molecule has 0 aromatic heterocycles. The minimum absolute atomic E-state index is 0.0704. The highest BCUT2D eigenvalue weighted by Crippen LogP contribution is 2.36. The van der Waals surface area contributed by atoms with Gasteiger partial charge in [0, 0.05) is 5.54 Å². The van der Waals surface area contributed by atoms with Crippen LogP contribution in [0.4, 0.5) is 17.6 Å². The third kappa shape index (κ3) is 5.35. The fraction of sp³-hybridized carbons (Fsp3) is 0.571. The van der Waals surface area contributed by atoms with Gasteiger partial charge in [-0.1, -0.05) is 19.9 Å². The zero-order chi connectivity index (χ0) is 18.2. The van der Waals surface area contributed by atoms with Crippen molar-refractivity contribution in [1.29, 1.82) is 0 Å². The van der Waals surface area contributed by atoms with Gasteiger partial charge in [-0.25, -0.2) is 17.5 Å². The zero-order valence-corrected chi connectivity index (χ0v) is 14.2. The maximum atomic E-state index is 14.4. The van der Waals surface area contributed by atoms with Crippen molar-refractivity contribution < 1.29 is 30.7 Å². The first kappa shape index (κ1) is 19.7. The molecule has 1 aromatic rings. The summed E-state index contributed by atoms with van der Waals surface area (Å²) >= 11 is 0. The smallest absolute Gasteiger partial charge is 0.401 e. The molecule has 0 radical (unpaired) electrons. The molecule has 0 aliphatic heterocycles. The molecule has 23 heavy (non-hydrogen) atoms. The fourth-order valence-corrected chi connectivity index (χ4v) is 3.42. The molecular formula is C14H19F4NO3S. The van der Waals surface area contributed by atoms with Crippen molar-refractivity contribution in [3.05, 3.63) is 23.5 Å². The second kappa shape index (κ2) is 6.27. The standard InChI is InChI=1S/C14H19F4NO3S/c1-8(2)9-6-7-10(23(20,21)19-13(3,4)5)12(11(9)15)22-14(16,17)18/h6-8,19H,1-5H3. The van der Waals surface area contributed by atoms with Gasteiger partial charge in [-0.05, 0) is 38.3 Å². The number of halogens is 4. The van der Waals surface area contributed by atoms with Crippen molar-refractivity contribution in [3.8, 4) is 5.75 Å². The molecule has 0 spiro atoms. The molecule has 0 aliphatic carbocycles. The topological polar surface area (TPSA) is 55.4 Å². The van der Waals surface area contributed by atoms with Crippen molar-refractivity contribution >= 4 is 10.0 Å². The Hall–Kier alpha value is -1.35. The quantitative estimate of drug-likeness (QED) is 0.831. The molecule has 0 saturated carbocycles. The summed E-state index contributed by atoms with van der Waals surface area (Å²) in [5.41, 5.74) is -1.03. The first-order valence-corrected chi connectivity index (χ1v) is 8.24. The summed E-state index contributed by atoms with van der Waals surface area (Å²) in [5.74, 6) is -3.13. The summed E-state index contributed by atoms with van der Waals surface area (Å²) in [7, 11) is -4.40. The van der Waals surface area contributed by atoms with Crippen LogP contribution < -0.4 is 9.46 Å². The van der Waals surface area contributed by atoms with Gasteiger partial charge < -0.3 is 4.74 Å². The number of alkyl halides is 3. The molecule has 0 saturated heterocycles. The number of ether oxygens (including phenoxy) is 1. The Bertz CT molecular complexity index is 676. The summed E-state index contributed by atoms with van der Waals surface area (Å²) in [6.45, 7) is 7.66. The summed E-state index contributed by atoms with van der Waals surface area (Å²) in [6, 6.07) is 2.05. The minimum atomic E-state index is -5.22. The number of hydrogen-bond donors (Lipinski definition) is 1. The Kier molecular flexibility index (Phi) is 5.37. The van der Waals surface area contributed by atoms with Gasteiger partial charge in [-0.2, -0.15) is 0 Å². The molecule has 132 valence electrons. The van der Waals surface area contributed by atoms with Gasteiger partial charge in [0.25, 0.3) is 0 Å². The molecule has 1 N–H and O–H groups in total. The normalized spacial score (nSPS) is 13.5. The Morgan fingerprint density at radius 2 is 1.65 bits per heavy atom. The molecular weight excluding hydrogens is 338 g/mol. The van der Waals surface area contributed by atoms with E-state index < -0.39 is 44.3 Å². The Labute approximate surface area is 132 Å². The summed E-state index contributed by atoms with van der Waals surface area (Å²) in [5, 5.41) is 0. The van der Waals surface area contributed by atoms with E-state index in [1.165, 1.54) is 20.8 Å². The number of benzene rings is 1. The molecule has 0 bridgehead atoms. The molecule has 0 amide bonds. The maximum Gasteiger partial charge on any atom is 0.573 e. The van der Waals surface area contributed by atoms with E-state index in [0.29, 0.717) is 0 Å². The van der Waals surface area contributed by atoms with E-state index in [-0.39, 0.29) is 5.56 Å². The van der Waals surface area contributed by atoms with E-state index in [4.69, 9.17) is 0 Å². The van der Waals surface area contributed by atoms with Crippen LogP contribution in [-0.4, -0.2) is 20.3 Å². The van der Waals surface area contributed by atoms with Gasteiger partial charge in [0.15, 0.2) is 11.6 Å². The second-order valence-electron chi connectivity index (χ2n) is 6.35. The molecule has 0 fully saturated rings. The van der Waals surface area contributed by atoms with Crippen molar-refractivity contribution in [2.45, 2.75) is 57.3 Å². The lowest BCUT2D eigenvalue weighted by molar-refractivity contribution is -0.276. The number of nitrogens with one attached hydrogen (secondary N) is 1. The lowest BCUT2D eigenvalue weighted by Crippen LogP contribution is -2.40. The molecule has 0 heterocycles. The molecule has 0 aliphatic rings. The average molecular weight is 357 g/mol. The van der Waals surface area contributed by atoms with Gasteiger partial charge in [0.05, 0.1) is 0 Å². The third-order valence-electron chi connectivity index (χ3n) is 2.66. The first-order valence-electron chi connectivity index (χ1n) is 6.76. The highest BCUT2D eigenvalue weighted by atomic mass is 32.2. The van der Waals surface area contributed by atoms with Gasteiger partial charge in [-0.15, -0.1) is 13.2 Å². The van der Waals surface area contributed by atoms with Crippen molar-refractivity contribution in [2.75, 3.05) is 0 Å². The van der Waals surface area contributed by atoms with Crippen LogP contribution in [0, 0.1) is 5.82 Å². The van der Waals surface area contributed by atoms with E-state index in [1.807, 2.05) is 0 Å². The lowest BCUT2D eigenvalue weighted by Gasteiger charge is -2.23. The van der Waals surface area contributed by atoms with Gasteiger partial charge >= 0.3 is 6.36 Å². The number of sulfonamides is 1. The van der Waals surface area contributed by atoms with E-state index in [2.05, 4.69) is 9.46 Å². The first-order chi connectivity index (χ1) is 10.1. The Morgan fingerprint density at radius 3 is 2.04 bits per heavy atom. The van der Waals surface area contributed by atoms with Crippen LogP contribution in [0.5, 0.6) is 5.75 Å². The molecule has 9 heteroatoms. The van der Waals surface area contributed by atoms with Crippen molar-refractivity contribution in [1.82, 2.24) is 4.72 Å². The minimum Gasteiger partial charge on any atom is -0.401 e. The average Bonchev–Trinajstić information content (AvgIpc) is 2.25. The van der Waals surface area contributed by atoms with Crippen molar-refractivity contribution in [3.63, 3.8) is 0 Å². The zero-order valence-electron chi connectivity index (χ0n) is 13.4. The summed E-state index contributed by atoms with van der Waals surface area (Å²) < 4.78 is 82.4. The third-order valence-corrected chi connectivity index (χ3v) is 4.44. The van der Waals surface area contributed by atoms with Crippen LogP contribution in [0.15, 0.2) is 17.0 Å². The number of rotatable bonds is 4. The van der Waals surface area contributed by atoms with Crippen LogP contribution >= 0.6 is 0 Å². The number of hydrogen-bond acceptors (Lipinski definition) is 3. The summed E-state index contributed by atoms with van der Waals surface area (Å²) in [4.78, 5) is -0.897. The van der Waals surface area contributed by atoms with Crippen LogP contribution in [0.2, 0.25) is 0 Å². The van der Waals surface area contributed by atoms with Gasteiger partial charge in [0.2, 0.25) is 10.0 Å². The van der Waals surface area contributed by atoms with Crippen LogP contribution in [-0.2, 0) is 10.0 Å². The predicted molar refractivity (Wildman–Crippen MR) is 77.2 cm³/mol. The van der Waals surface area contributed by atoms with Gasteiger partial charge in [0.1, 0.15) is 4.90 Å². The molecule has 1 aromatic carbocycles. The van der Waals surface area contributed by atoms with Crippen LogP contribution in [0.3, 0.4) is 0 Å². The van der Waals surface area contributed by atoms with Crippen molar-refractivity contribution in [2.24, 2.45) is 0 Å². The molecule has 0 atom stereocenters. The second-order valence-corrected chi connectivity index (χ2v) is 8.00. The van der Waals surface area contributed by atoms with Crippen LogP contribution in [0.25, 0.3) is 0 Å². The predicted octanol–water partition coefficient (Wildman–Crippen LogP) is 3.92.